The Labute approximate surface area is 421 Å². The van der Waals surface area contributed by atoms with Crippen LogP contribution in [-0.4, -0.2) is 105 Å². The van der Waals surface area contributed by atoms with Gasteiger partial charge >= 0.3 is 0 Å². The van der Waals surface area contributed by atoms with Gasteiger partial charge in [0.2, 0.25) is 0 Å². The fourth-order valence-corrected chi connectivity index (χ4v) is 12.7. The predicted molar refractivity (Wildman–Crippen MR) is 277 cm³/mol. The topological polar surface area (TPSA) is 204 Å². The molecule has 1 spiro atoms. The van der Waals surface area contributed by atoms with Crippen molar-refractivity contribution in [3.63, 3.8) is 0 Å². The summed E-state index contributed by atoms with van der Waals surface area (Å²) in [6, 6.07) is 22.2. The largest absolute Gasteiger partial charge is 0.455 e. The van der Waals surface area contributed by atoms with Crippen LogP contribution in [0.4, 0.5) is 17.1 Å². The molecule has 18 heteroatoms. The molecular formula is C54H66N10O7S. The van der Waals surface area contributed by atoms with Crippen molar-refractivity contribution >= 4 is 44.0 Å². The van der Waals surface area contributed by atoms with Crippen molar-refractivity contribution in [2.75, 3.05) is 49.5 Å². The molecule has 1 atom stereocenters. The number of amides is 1. The number of aliphatic hydroxyl groups is 1. The second kappa shape index (κ2) is 19.9. The van der Waals surface area contributed by atoms with E-state index in [0.717, 1.165) is 94.9 Å². The van der Waals surface area contributed by atoms with Crippen LogP contribution >= 0.6 is 0 Å². The van der Waals surface area contributed by atoms with E-state index in [-0.39, 0.29) is 28.3 Å². The van der Waals surface area contributed by atoms with Crippen LogP contribution in [0, 0.1) is 21.4 Å². The summed E-state index contributed by atoms with van der Waals surface area (Å²) in [7, 11) is -2.61. The first-order valence-corrected chi connectivity index (χ1v) is 26.8. The molecule has 0 unspecified atom stereocenters. The Bertz CT molecular complexity index is 3050. The maximum absolute atomic E-state index is 14.1. The number of carbonyl (C=O) groups is 1. The third-order valence-corrected chi connectivity index (χ3v) is 17.3. The Morgan fingerprint density at radius 3 is 2.50 bits per heavy atom. The lowest BCUT2D eigenvalue weighted by Gasteiger charge is -2.58. The third-order valence-electron chi connectivity index (χ3n) is 15.9. The fourth-order valence-electron chi connectivity index (χ4n) is 11.7. The van der Waals surface area contributed by atoms with E-state index in [1.54, 1.807) is 30.6 Å². The number of pyridine rings is 1. The molecule has 2 aliphatic heterocycles. The van der Waals surface area contributed by atoms with Gasteiger partial charge in [0.15, 0.2) is 0 Å². The summed E-state index contributed by atoms with van der Waals surface area (Å²) in [5, 5.41) is 30.9. The number of rotatable bonds is 15. The molecule has 0 radical (unpaired) electrons. The van der Waals surface area contributed by atoms with Crippen LogP contribution < -0.4 is 19.7 Å². The highest BCUT2D eigenvalue weighted by Crippen LogP contribution is 2.53. The average Bonchev–Trinajstić information content (AvgIpc) is 4.00. The second-order valence-electron chi connectivity index (χ2n) is 21.4. The van der Waals surface area contributed by atoms with E-state index in [1.165, 1.54) is 28.8 Å². The summed E-state index contributed by atoms with van der Waals surface area (Å²) in [6.07, 6.45) is 14.5. The molecule has 17 nitrogen and oxygen atoms in total. The van der Waals surface area contributed by atoms with E-state index in [1.807, 2.05) is 37.0 Å². The number of carbonyl (C=O) groups excluding carboxylic acids is 1. The third kappa shape index (κ3) is 10.6. The number of sulfonamides is 1. The highest BCUT2D eigenvalue weighted by atomic mass is 32.2. The first-order chi connectivity index (χ1) is 34.5. The lowest BCUT2D eigenvalue weighted by atomic mass is 9.59. The number of anilines is 2. The van der Waals surface area contributed by atoms with Crippen molar-refractivity contribution in [1.82, 2.24) is 34.3 Å². The molecule has 10 rings (SSSR count). The van der Waals surface area contributed by atoms with Crippen molar-refractivity contribution in [3.05, 3.63) is 130 Å². The van der Waals surface area contributed by atoms with Crippen LogP contribution in [0.3, 0.4) is 0 Å². The van der Waals surface area contributed by atoms with Crippen molar-refractivity contribution < 1.29 is 28.0 Å². The maximum atomic E-state index is 14.1. The molecule has 2 aliphatic carbocycles. The molecule has 3 aromatic carbocycles. The van der Waals surface area contributed by atoms with Crippen molar-refractivity contribution in [3.8, 4) is 11.5 Å². The molecule has 6 aromatic rings. The fraction of sp³-hybridized carbons (Fsp3) is 0.463. The Kier molecular flexibility index (Phi) is 13.6. The summed E-state index contributed by atoms with van der Waals surface area (Å²) in [5.41, 5.74) is 4.84. The number of piperidine rings is 1. The van der Waals surface area contributed by atoms with Gasteiger partial charge in [-0.3, -0.25) is 29.4 Å². The lowest BCUT2D eigenvalue weighted by molar-refractivity contribution is -0.384. The van der Waals surface area contributed by atoms with Gasteiger partial charge in [-0.2, -0.15) is 5.10 Å². The molecule has 380 valence electrons. The van der Waals surface area contributed by atoms with Gasteiger partial charge in [-0.1, -0.05) is 38.1 Å². The van der Waals surface area contributed by atoms with Crippen molar-refractivity contribution in [1.29, 1.82) is 0 Å². The van der Waals surface area contributed by atoms with Gasteiger partial charge in [0.25, 0.3) is 21.6 Å². The van der Waals surface area contributed by atoms with Crippen LogP contribution in [0.5, 0.6) is 11.5 Å². The normalized spacial score (nSPS) is 22.0. The summed E-state index contributed by atoms with van der Waals surface area (Å²) in [4.78, 5) is 40.5. The highest BCUT2D eigenvalue weighted by Gasteiger charge is 2.50. The van der Waals surface area contributed by atoms with Crippen LogP contribution in [0.25, 0.3) is 11.0 Å². The molecule has 1 amide bonds. The summed E-state index contributed by atoms with van der Waals surface area (Å²) < 4.78 is 38.1. The number of nitro groups is 1. The van der Waals surface area contributed by atoms with E-state index < -0.39 is 37.0 Å². The number of ether oxygens (including phenoxy) is 1. The first kappa shape index (κ1) is 49.2. The van der Waals surface area contributed by atoms with E-state index in [2.05, 4.69) is 84.1 Å². The number of fused-ring (bicyclic) bond motifs is 1. The number of aryl methyl sites for hydroxylation is 1. The highest BCUT2D eigenvalue weighted by molar-refractivity contribution is 7.90. The van der Waals surface area contributed by atoms with Gasteiger partial charge in [0, 0.05) is 106 Å². The van der Waals surface area contributed by atoms with Crippen LogP contribution in [0.15, 0.2) is 102 Å². The van der Waals surface area contributed by atoms with Gasteiger partial charge < -0.3 is 25.0 Å². The molecule has 4 fully saturated rings. The predicted octanol–water partition coefficient (Wildman–Crippen LogP) is 8.90. The molecule has 2 saturated carbocycles. The number of hydrogen-bond acceptors (Lipinski definition) is 13. The Morgan fingerprint density at radius 2 is 1.76 bits per heavy atom. The number of aromatic nitrogens is 4. The van der Waals surface area contributed by atoms with E-state index in [4.69, 9.17) is 4.74 Å². The van der Waals surface area contributed by atoms with Crippen LogP contribution in [-0.2, 0) is 23.6 Å². The number of aromatic amines is 1. The zero-order valence-electron chi connectivity index (χ0n) is 41.6. The number of nitrogens with one attached hydrogen (secondary N) is 3. The molecule has 2 saturated heterocycles. The van der Waals surface area contributed by atoms with Gasteiger partial charge in [0.1, 0.15) is 22.8 Å². The summed E-state index contributed by atoms with van der Waals surface area (Å²) in [6.45, 7) is 12.3. The standard InChI is InChI=1S/C54H66N10O7S/c1-36(2)44-7-5-6-8-45(44)49-35-61(34-38-31-58-60(4)33-38)23-24-63(49)41-28-54(29-41)18-21-62(22-19-54)40-9-11-46(50(26-40)71-42-25-39-15-20-55-51(39)57-32-42)52(65)59-72(69,70)43-10-12-47(48(27-43)64(67)68)56-30-37-13-16-53(3,66)17-14-37/h5-12,15,20,25-27,31-33,36-37,41,49,56,66H,13-14,16-19,21-24,28-30,34-35H2,1-4H3,(H,55,57)(H,59,65)/t37-,49-,53-/m0/s1. The quantitative estimate of drug-likeness (QED) is 0.0561. The number of H-pyrrole nitrogens is 1. The number of piperazine rings is 1. The Morgan fingerprint density at radius 1 is 0.986 bits per heavy atom. The molecule has 5 heterocycles. The number of hydrogen-bond donors (Lipinski definition) is 4. The smallest absolute Gasteiger partial charge is 0.293 e. The second-order valence-corrected chi connectivity index (χ2v) is 23.1. The van der Waals surface area contributed by atoms with E-state index >= 15 is 0 Å². The first-order valence-electron chi connectivity index (χ1n) is 25.4. The van der Waals surface area contributed by atoms with E-state index in [0.29, 0.717) is 48.8 Å². The number of nitrogens with zero attached hydrogens (tertiary/aromatic N) is 7. The minimum absolute atomic E-state index is 0.0276. The van der Waals surface area contributed by atoms with Gasteiger partial charge in [0.05, 0.1) is 33.4 Å². The van der Waals surface area contributed by atoms with Crippen molar-refractivity contribution in [2.45, 2.75) is 107 Å². The van der Waals surface area contributed by atoms with Crippen LogP contribution in [0.2, 0.25) is 0 Å². The number of benzene rings is 3. The van der Waals surface area contributed by atoms with Gasteiger partial charge in [-0.15, -0.1) is 0 Å². The maximum Gasteiger partial charge on any atom is 0.293 e. The molecule has 4 aliphatic rings. The SMILES string of the molecule is CC(C)c1ccccc1[C@@H]1CN(Cc2cnn(C)c2)CCN1C1CC2(CCN(c3ccc(C(=O)NS(=O)(=O)c4ccc(NC[C@H]5CC[C@](C)(O)CC5)c([N+](=O)[O-])c4)c(Oc4cnc5[nH]ccc5c4)c3)CC2)C1. The van der Waals surface area contributed by atoms with E-state index in [9.17, 15) is 28.4 Å². The van der Waals surface area contributed by atoms with Gasteiger partial charge in [-0.25, -0.2) is 18.1 Å². The molecule has 4 N–H and O–H groups in total. The van der Waals surface area contributed by atoms with Crippen molar-refractivity contribution in [2.24, 2.45) is 18.4 Å². The number of nitro benzene ring substituents is 1. The summed E-state index contributed by atoms with van der Waals surface area (Å²) in [5.74, 6) is 0.180. The monoisotopic (exact) mass is 998 g/mol. The van der Waals surface area contributed by atoms with Crippen LogP contribution in [0.1, 0.15) is 111 Å². The zero-order chi connectivity index (χ0) is 50.4. The molecule has 3 aromatic heterocycles. The molecule has 72 heavy (non-hydrogen) atoms. The minimum Gasteiger partial charge on any atom is -0.455 e. The summed E-state index contributed by atoms with van der Waals surface area (Å²) >= 11 is 0. The molecular weight excluding hydrogens is 933 g/mol. The van der Waals surface area contributed by atoms with Gasteiger partial charge in [-0.05, 0) is 123 Å². The average molecular weight is 999 g/mol. The zero-order valence-corrected chi connectivity index (χ0v) is 42.4. The molecule has 0 bridgehead atoms. The Balaban J connectivity index is 0.833. The minimum atomic E-state index is -4.58. The Hall–Kier alpha value is -6.34. The lowest BCUT2D eigenvalue weighted by Crippen LogP contribution is -2.60.